The Morgan fingerprint density at radius 3 is 2.36 bits per heavy atom. The van der Waals surface area contributed by atoms with Crippen LogP contribution in [0.25, 0.3) is 0 Å². The summed E-state index contributed by atoms with van der Waals surface area (Å²) in [6, 6.07) is 6.65. The van der Waals surface area contributed by atoms with Crippen molar-refractivity contribution in [2.75, 3.05) is 50.8 Å². The Balaban J connectivity index is 1.29. The fourth-order valence-corrected chi connectivity index (χ4v) is 7.13. The number of likely N-dealkylation sites (tertiary alicyclic amines) is 1. The number of hydrogen-bond donors (Lipinski definition) is 1. The molecule has 0 radical (unpaired) electrons. The van der Waals surface area contributed by atoms with Crippen LogP contribution in [0.5, 0.6) is 0 Å². The third kappa shape index (κ3) is 6.02. The second-order valence-corrected chi connectivity index (χ2v) is 12.3. The molecule has 4 aliphatic rings. The minimum absolute atomic E-state index is 0.0173. The van der Waals surface area contributed by atoms with E-state index in [0.717, 1.165) is 70.5 Å². The lowest BCUT2D eigenvalue weighted by Crippen LogP contribution is -2.55. The molecule has 3 heterocycles. The molecule has 3 saturated heterocycles. The largest absolute Gasteiger partial charge is 0.369 e. The number of Topliss-reactive ketones (excluding diaryl/α,β-unsaturated/α-hetero) is 1. The minimum atomic E-state index is -0.621. The number of fused-ring (bicyclic) bond motifs is 1. The molecule has 39 heavy (non-hydrogen) atoms. The van der Waals surface area contributed by atoms with Crippen LogP contribution in [0, 0.1) is 17.8 Å². The third-order valence-corrected chi connectivity index (χ3v) is 9.44. The normalized spacial score (nSPS) is 27.2. The van der Waals surface area contributed by atoms with E-state index < -0.39 is 12.1 Å². The molecule has 5 rings (SSSR count). The maximum Gasteiger partial charge on any atom is 0.251 e. The molecule has 8 nitrogen and oxygen atoms in total. The Kier molecular flexibility index (Phi) is 8.92. The fraction of sp³-hybridized carbons (Fsp3) is 0.710. The van der Waals surface area contributed by atoms with Crippen molar-refractivity contribution in [2.45, 2.75) is 77.5 Å². The summed E-state index contributed by atoms with van der Waals surface area (Å²) >= 11 is 0. The van der Waals surface area contributed by atoms with E-state index in [-0.39, 0.29) is 42.1 Å². The molecule has 0 spiro atoms. The zero-order valence-electron chi connectivity index (χ0n) is 23.9. The second-order valence-electron chi connectivity index (χ2n) is 12.3. The molecule has 4 atom stereocenters. The number of hydrogen-bond acceptors (Lipinski definition) is 6. The highest BCUT2D eigenvalue weighted by Crippen LogP contribution is 2.37. The van der Waals surface area contributed by atoms with Crippen LogP contribution in [0.1, 0.15) is 69.7 Å². The van der Waals surface area contributed by atoms with Gasteiger partial charge < -0.3 is 19.9 Å². The van der Waals surface area contributed by atoms with Gasteiger partial charge in [0.15, 0.2) is 5.78 Å². The summed E-state index contributed by atoms with van der Waals surface area (Å²) in [6.07, 6.45) is 6.06. The van der Waals surface area contributed by atoms with Gasteiger partial charge in [0.2, 0.25) is 5.91 Å². The van der Waals surface area contributed by atoms with Crippen molar-refractivity contribution >= 4 is 23.3 Å². The molecule has 3 aliphatic heterocycles. The summed E-state index contributed by atoms with van der Waals surface area (Å²) in [5, 5.41) is 3.13. The van der Waals surface area contributed by atoms with Crippen LogP contribution in [-0.4, -0.2) is 91.5 Å². The SMILES string of the molecule is CCCN1CCN(c2ccc(C(=O)N[C@H](C(=O)N3C[C@@H](C(C)C)[C@H]4OCC(=O)[C@H]43)C3CCCCC3)cc2)CC1. The van der Waals surface area contributed by atoms with Gasteiger partial charge in [0.1, 0.15) is 18.7 Å². The van der Waals surface area contributed by atoms with Gasteiger partial charge in [0, 0.05) is 49.9 Å². The second kappa shape index (κ2) is 12.4. The zero-order chi connectivity index (χ0) is 27.5. The van der Waals surface area contributed by atoms with Crippen LogP contribution in [0.4, 0.5) is 5.69 Å². The van der Waals surface area contributed by atoms with Gasteiger partial charge in [-0.25, -0.2) is 0 Å². The Labute approximate surface area is 233 Å². The Morgan fingerprint density at radius 2 is 1.72 bits per heavy atom. The quantitative estimate of drug-likeness (QED) is 0.547. The van der Waals surface area contributed by atoms with Crippen molar-refractivity contribution in [2.24, 2.45) is 17.8 Å². The van der Waals surface area contributed by atoms with Crippen molar-refractivity contribution in [3.05, 3.63) is 29.8 Å². The van der Waals surface area contributed by atoms with Crippen molar-refractivity contribution in [1.29, 1.82) is 0 Å². The number of carbonyl (C=O) groups is 3. The molecule has 0 aromatic heterocycles. The van der Waals surface area contributed by atoms with Gasteiger partial charge in [-0.05, 0) is 61.9 Å². The topological polar surface area (TPSA) is 82.2 Å². The maximum atomic E-state index is 14.1. The van der Waals surface area contributed by atoms with Crippen LogP contribution in [0.15, 0.2) is 24.3 Å². The highest BCUT2D eigenvalue weighted by atomic mass is 16.5. The van der Waals surface area contributed by atoms with Crippen molar-refractivity contribution in [1.82, 2.24) is 15.1 Å². The molecule has 0 unspecified atom stereocenters. The zero-order valence-corrected chi connectivity index (χ0v) is 23.9. The lowest BCUT2D eigenvalue weighted by molar-refractivity contribution is -0.139. The number of nitrogens with zero attached hydrogens (tertiary/aromatic N) is 3. The van der Waals surface area contributed by atoms with Crippen LogP contribution in [0.2, 0.25) is 0 Å². The summed E-state index contributed by atoms with van der Waals surface area (Å²) in [6.45, 7) is 12.3. The molecule has 0 bridgehead atoms. The fourth-order valence-electron chi connectivity index (χ4n) is 7.13. The van der Waals surface area contributed by atoms with E-state index in [1.807, 2.05) is 24.3 Å². The Hall–Kier alpha value is -2.45. The van der Waals surface area contributed by atoms with Gasteiger partial charge in [-0.3, -0.25) is 19.3 Å². The van der Waals surface area contributed by atoms with E-state index in [9.17, 15) is 14.4 Å². The lowest BCUT2D eigenvalue weighted by Gasteiger charge is -2.36. The van der Waals surface area contributed by atoms with Crippen LogP contribution in [0.3, 0.4) is 0 Å². The van der Waals surface area contributed by atoms with Crippen molar-refractivity contribution in [3.63, 3.8) is 0 Å². The van der Waals surface area contributed by atoms with E-state index >= 15 is 0 Å². The number of anilines is 1. The lowest BCUT2D eigenvalue weighted by atomic mass is 9.83. The van der Waals surface area contributed by atoms with Crippen molar-refractivity contribution < 1.29 is 19.1 Å². The first-order valence-corrected chi connectivity index (χ1v) is 15.2. The van der Waals surface area contributed by atoms with Crippen LogP contribution < -0.4 is 10.2 Å². The number of nitrogens with one attached hydrogen (secondary N) is 1. The highest BCUT2D eigenvalue weighted by Gasteiger charge is 2.54. The van der Waals surface area contributed by atoms with Gasteiger partial charge in [-0.1, -0.05) is 40.0 Å². The van der Waals surface area contributed by atoms with E-state index in [1.165, 1.54) is 6.42 Å². The standard InChI is InChI=1S/C31H46N4O4/c1-4-14-33-15-17-34(18-16-33)24-12-10-23(11-13-24)30(37)32-27(22-8-6-5-7-9-22)31(38)35-19-25(21(2)3)29-28(35)26(36)20-39-29/h10-13,21-22,25,27-29H,4-9,14-20H2,1-3H3,(H,32,37)/t25-,27-,28+,29+/m0/s1. The van der Waals surface area contributed by atoms with Crippen LogP contribution >= 0.6 is 0 Å². The minimum Gasteiger partial charge on any atom is -0.369 e. The molecule has 214 valence electrons. The first-order valence-electron chi connectivity index (χ1n) is 15.2. The molecule has 1 aromatic rings. The van der Waals surface area contributed by atoms with E-state index in [4.69, 9.17) is 4.74 Å². The summed E-state index contributed by atoms with van der Waals surface area (Å²) in [5.74, 6) is 0.165. The predicted molar refractivity (Wildman–Crippen MR) is 152 cm³/mol. The maximum absolute atomic E-state index is 14.1. The first kappa shape index (κ1) is 28.1. The number of ketones is 1. The predicted octanol–water partition coefficient (Wildman–Crippen LogP) is 3.35. The van der Waals surface area contributed by atoms with Gasteiger partial charge >= 0.3 is 0 Å². The van der Waals surface area contributed by atoms with Crippen molar-refractivity contribution in [3.8, 4) is 0 Å². The molecule has 1 aromatic carbocycles. The molecule has 8 heteroatoms. The summed E-state index contributed by atoms with van der Waals surface area (Å²) in [5.41, 5.74) is 1.70. The first-order chi connectivity index (χ1) is 18.9. The summed E-state index contributed by atoms with van der Waals surface area (Å²) < 4.78 is 5.86. The molecule has 1 aliphatic carbocycles. The summed E-state index contributed by atoms with van der Waals surface area (Å²) in [4.78, 5) is 47.0. The molecule has 1 N–H and O–H groups in total. The van der Waals surface area contributed by atoms with E-state index in [1.54, 1.807) is 4.90 Å². The molecular formula is C31H46N4O4. The monoisotopic (exact) mass is 538 g/mol. The van der Waals surface area contributed by atoms with Gasteiger partial charge in [-0.15, -0.1) is 0 Å². The smallest absolute Gasteiger partial charge is 0.251 e. The summed E-state index contributed by atoms with van der Waals surface area (Å²) in [7, 11) is 0. The molecule has 1 saturated carbocycles. The molecule has 2 amide bonds. The van der Waals surface area contributed by atoms with Gasteiger partial charge in [0.05, 0.1) is 6.10 Å². The van der Waals surface area contributed by atoms with Crippen LogP contribution in [-0.2, 0) is 14.3 Å². The average Bonchev–Trinajstić information content (AvgIpc) is 3.53. The number of piperazine rings is 1. The molecular weight excluding hydrogens is 492 g/mol. The third-order valence-electron chi connectivity index (χ3n) is 9.44. The van der Waals surface area contributed by atoms with E-state index in [0.29, 0.717) is 18.0 Å². The van der Waals surface area contributed by atoms with E-state index in [2.05, 4.69) is 35.9 Å². The van der Waals surface area contributed by atoms with Gasteiger partial charge in [0.25, 0.3) is 5.91 Å². The number of carbonyl (C=O) groups excluding carboxylic acids is 3. The Bertz CT molecular complexity index is 1010. The Morgan fingerprint density at radius 1 is 1.03 bits per heavy atom. The average molecular weight is 539 g/mol. The molecule has 4 fully saturated rings. The number of benzene rings is 1. The number of amides is 2. The van der Waals surface area contributed by atoms with Gasteiger partial charge in [-0.2, -0.15) is 0 Å². The highest BCUT2D eigenvalue weighted by molar-refractivity contribution is 5.99. The number of rotatable bonds is 8. The number of ether oxygens (including phenoxy) is 1.